The molecule has 0 spiro atoms. The normalized spacial score (nSPS) is 12.6. The van der Waals surface area contributed by atoms with Gasteiger partial charge in [-0.15, -0.1) is 0 Å². The van der Waals surface area contributed by atoms with E-state index in [1.165, 1.54) is 0 Å². The molecule has 0 rings (SSSR count). The molecule has 0 aromatic heterocycles. The second-order valence-corrected chi connectivity index (χ2v) is 3.84. The van der Waals surface area contributed by atoms with E-state index in [4.69, 9.17) is 4.84 Å². The van der Waals surface area contributed by atoms with Gasteiger partial charge >= 0.3 is 0 Å². The Morgan fingerprint density at radius 1 is 1.30 bits per heavy atom. The average molecular weight is 145 g/mol. The van der Waals surface area contributed by atoms with Crippen LogP contribution in [0.1, 0.15) is 27.2 Å². The topological polar surface area (TPSA) is 12.5 Å². The maximum absolute atomic E-state index is 4.98. The second kappa shape index (κ2) is 3.94. The highest BCUT2D eigenvalue weighted by Crippen LogP contribution is 2.18. The molecule has 62 valence electrons. The number of rotatable bonds is 3. The van der Waals surface area contributed by atoms with Crippen molar-refractivity contribution in [1.29, 1.82) is 0 Å². The lowest BCUT2D eigenvalue weighted by Gasteiger charge is -2.21. The van der Waals surface area contributed by atoms with Gasteiger partial charge in [0.05, 0.1) is 7.11 Å². The van der Waals surface area contributed by atoms with Crippen LogP contribution in [-0.2, 0) is 4.84 Å². The zero-order chi connectivity index (χ0) is 8.20. The summed E-state index contributed by atoms with van der Waals surface area (Å²) in [6.07, 6.45) is 1.16. The minimum Gasteiger partial charge on any atom is -0.303 e. The first-order valence-corrected chi connectivity index (χ1v) is 3.71. The Morgan fingerprint density at radius 2 is 1.80 bits per heavy atom. The summed E-state index contributed by atoms with van der Waals surface area (Å²) < 4.78 is 0. The average Bonchev–Trinajstić information content (AvgIpc) is 1.81. The highest BCUT2D eigenvalue weighted by molar-refractivity contribution is 4.61. The van der Waals surface area contributed by atoms with Crippen molar-refractivity contribution in [2.24, 2.45) is 5.41 Å². The molecule has 0 bridgehead atoms. The van der Waals surface area contributed by atoms with Crippen molar-refractivity contribution >= 4 is 0 Å². The van der Waals surface area contributed by atoms with Crippen molar-refractivity contribution in [3.63, 3.8) is 0 Å². The second-order valence-electron chi connectivity index (χ2n) is 3.84. The van der Waals surface area contributed by atoms with Gasteiger partial charge in [-0.1, -0.05) is 20.8 Å². The van der Waals surface area contributed by atoms with E-state index in [9.17, 15) is 0 Å². The highest BCUT2D eigenvalue weighted by Gasteiger charge is 2.10. The van der Waals surface area contributed by atoms with Crippen LogP contribution in [0.5, 0.6) is 0 Å². The number of hydrogen-bond acceptors (Lipinski definition) is 2. The molecule has 0 radical (unpaired) electrons. The molecule has 0 atom stereocenters. The van der Waals surface area contributed by atoms with Crippen molar-refractivity contribution in [2.45, 2.75) is 27.2 Å². The van der Waals surface area contributed by atoms with Gasteiger partial charge in [0.15, 0.2) is 0 Å². The molecule has 0 saturated heterocycles. The van der Waals surface area contributed by atoms with Gasteiger partial charge < -0.3 is 4.84 Å². The molecule has 2 nitrogen and oxygen atoms in total. The van der Waals surface area contributed by atoms with Crippen molar-refractivity contribution < 1.29 is 4.84 Å². The Hall–Kier alpha value is -0.0800. The summed E-state index contributed by atoms with van der Waals surface area (Å²) in [5, 5.41) is 1.85. The molecular formula is C8H19NO. The largest absolute Gasteiger partial charge is 0.303 e. The standard InChI is InChI=1S/C8H19NO/c1-8(2,3)6-7-9(4)10-5/h6-7H2,1-5H3. The lowest BCUT2D eigenvalue weighted by atomic mass is 9.92. The molecular weight excluding hydrogens is 126 g/mol. The minimum absolute atomic E-state index is 0.410. The van der Waals surface area contributed by atoms with E-state index in [0.717, 1.165) is 13.0 Å². The number of nitrogens with zero attached hydrogens (tertiary/aromatic N) is 1. The van der Waals surface area contributed by atoms with E-state index in [0.29, 0.717) is 5.41 Å². The van der Waals surface area contributed by atoms with Gasteiger partial charge in [-0.25, -0.2) is 0 Å². The van der Waals surface area contributed by atoms with Crippen LogP contribution in [0.25, 0.3) is 0 Å². The first kappa shape index (κ1) is 9.92. The fourth-order valence-electron chi connectivity index (χ4n) is 0.584. The van der Waals surface area contributed by atoms with Gasteiger partial charge in [-0.3, -0.25) is 0 Å². The highest BCUT2D eigenvalue weighted by atomic mass is 16.7. The van der Waals surface area contributed by atoms with E-state index in [1.54, 1.807) is 7.11 Å². The van der Waals surface area contributed by atoms with Gasteiger partial charge in [0.1, 0.15) is 0 Å². The maximum Gasteiger partial charge on any atom is 0.0575 e. The van der Waals surface area contributed by atoms with Crippen molar-refractivity contribution in [3.05, 3.63) is 0 Å². The van der Waals surface area contributed by atoms with Crippen molar-refractivity contribution in [1.82, 2.24) is 5.06 Å². The zero-order valence-corrected chi connectivity index (χ0v) is 7.77. The third-order valence-electron chi connectivity index (χ3n) is 1.49. The third-order valence-corrected chi connectivity index (χ3v) is 1.49. The molecule has 0 aromatic rings. The van der Waals surface area contributed by atoms with Crippen LogP contribution in [0.4, 0.5) is 0 Å². The van der Waals surface area contributed by atoms with Crippen LogP contribution in [0.3, 0.4) is 0 Å². The predicted octanol–water partition coefficient (Wildman–Crippen LogP) is 1.92. The molecule has 0 unspecified atom stereocenters. The van der Waals surface area contributed by atoms with Crippen LogP contribution in [0.15, 0.2) is 0 Å². The van der Waals surface area contributed by atoms with Gasteiger partial charge in [0.25, 0.3) is 0 Å². The molecule has 0 aliphatic heterocycles. The van der Waals surface area contributed by atoms with Crippen molar-refractivity contribution in [3.8, 4) is 0 Å². The monoisotopic (exact) mass is 145 g/mol. The molecule has 0 fully saturated rings. The van der Waals surface area contributed by atoms with Gasteiger partial charge in [0.2, 0.25) is 0 Å². The SMILES string of the molecule is CON(C)CCC(C)(C)C. The lowest BCUT2D eigenvalue weighted by molar-refractivity contribution is -0.113. The molecule has 0 saturated carbocycles. The smallest absolute Gasteiger partial charge is 0.0575 e. The lowest BCUT2D eigenvalue weighted by Crippen LogP contribution is -2.22. The maximum atomic E-state index is 4.98. The van der Waals surface area contributed by atoms with Gasteiger partial charge in [0, 0.05) is 13.6 Å². The van der Waals surface area contributed by atoms with Gasteiger partial charge in [-0.2, -0.15) is 5.06 Å². The van der Waals surface area contributed by atoms with E-state index >= 15 is 0 Å². The Balaban J connectivity index is 3.36. The molecule has 2 heteroatoms. The first-order chi connectivity index (χ1) is 4.45. The van der Waals surface area contributed by atoms with E-state index in [1.807, 2.05) is 12.1 Å². The Bertz CT molecular complexity index is 85.7. The minimum atomic E-state index is 0.410. The third kappa shape index (κ3) is 6.05. The molecule has 0 aliphatic rings. The van der Waals surface area contributed by atoms with Crippen LogP contribution in [0.2, 0.25) is 0 Å². The van der Waals surface area contributed by atoms with E-state index < -0.39 is 0 Å². The number of hydrogen-bond donors (Lipinski definition) is 0. The summed E-state index contributed by atoms with van der Waals surface area (Å²) in [6.45, 7) is 7.70. The quantitative estimate of drug-likeness (QED) is 0.562. The summed E-state index contributed by atoms with van der Waals surface area (Å²) in [7, 11) is 3.65. The number of hydroxylamine groups is 2. The van der Waals surface area contributed by atoms with Gasteiger partial charge in [-0.05, 0) is 11.8 Å². The molecule has 0 amide bonds. The zero-order valence-electron chi connectivity index (χ0n) is 7.77. The fourth-order valence-corrected chi connectivity index (χ4v) is 0.584. The molecule has 0 heterocycles. The van der Waals surface area contributed by atoms with E-state index in [-0.39, 0.29) is 0 Å². The summed E-state index contributed by atoms with van der Waals surface area (Å²) in [5.41, 5.74) is 0.410. The Labute approximate surface area is 64.1 Å². The summed E-state index contributed by atoms with van der Waals surface area (Å²) in [6, 6.07) is 0. The summed E-state index contributed by atoms with van der Waals surface area (Å²) in [4.78, 5) is 4.98. The molecule has 0 aliphatic carbocycles. The Morgan fingerprint density at radius 3 is 2.10 bits per heavy atom. The molecule has 10 heavy (non-hydrogen) atoms. The molecule has 0 N–H and O–H groups in total. The van der Waals surface area contributed by atoms with Crippen LogP contribution in [-0.4, -0.2) is 25.8 Å². The van der Waals surface area contributed by atoms with Crippen LogP contribution >= 0.6 is 0 Å². The van der Waals surface area contributed by atoms with E-state index in [2.05, 4.69) is 20.8 Å². The van der Waals surface area contributed by atoms with Crippen LogP contribution in [0, 0.1) is 5.41 Å². The van der Waals surface area contributed by atoms with Crippen LogP contribution < -0.4 is 0 Å². The fraction of sp³-hybridized carbons (Fsp3) is 1.00. The molecule has 0 aromatic carbocycles. The predicted molar refractivity (Wildman–Crippen MR) is 43.7 cm³/mol. The van der Waals surface area contributed by atoms with Crippen molar-refractivity contribution in [2.75, 3.05) is 20.7 Å². The Kier molecular flexibility index (Phi) is 3.91. The first-order valence-electron chi connectivity index (χ1n) is 3.71. The summed E-state index contributed by atoms with van der Waals surface area (Å²) >= 11 is 0. The summed E-state index contributed by atoms with van der Waals surface area (Å²) in [5.74, 6) is 0.